The van der Waals surface area contributed by atoms with E-state index in [9.17, 15) is 9.59 Å². The Bertz CT molecular complexity index is 1500. The number of nitrogens with zero attached hydrogens (tertiary/aromatic N) is 3. The van der Waals surface area contributed by atoms with Crippen LogP contribution in [-0.4, -0.2) is 22.7 Å². The average Bonchev–Trinajstić information content (AvgIpc) is 3.42. The molecular weight excluding hydrogens is 450 g/mol. The molecule has 172 valence electrons. The Morgan fingerprint density at radius 2 is 1.97 bits per heavy atom. The van der Waals surface area contributed by atoms with Crippen molar-refractivity contribution >= 4 is 33.3 Å². The fourth-order valence-electron chi connectivity index (χ4n) is 4.16. The van der Waals surface area contributed by atoms with Crippen molar-refractivity contribution in [2.45, 2.75) is 33.2 Å². The van der Waals surface area contributed by atoms with E-state index >= 15 is 0 Å². The van der Waals surface area contributed by atoms with Crippen LogP contribution < -0.4 is 15.1 Å². The number of aromatic nitrogens is 2. The molecule has 1 unspecified atom stereocenters. The molecule has 34 heavy (non-hydrogen) atoms. The largest absolute Gasteiger partial charge is 0.490 e. The fraction of sp³-hybridized carbons (Fsp3) is 0.231. The van der Waals surface area contributed by atoms with Crippen molar-refractivity contribution in [2.75, 3.05) is 11.5 Å². The summed E-state index contributed by atoms with van der Waals surface area (Å²) in [5, 5.41) is 10.1. The van der Waals surface area contributed by atoms with E-state index in [0.717, 1.165) is 21.7 Å². The van der Waals surface area contributed by atoms with Crippen LogP contribution in [0.25, 0.3) is 11.0 Å². The van der Waals surface area contributed by atoms with E-state index < -0.39 is 11.9 Å². The van der Waals surface area contributed by atoms with Gasteiger partial charge in [-0.25, -0.2) is 0 Å². The molecule has 4 aromatic rings. The summed E-state index contributed by atoms with van der Waals surface area (Å²) in [6.07, 6.45) is 2.35. The van der Waals surface area contributed by atoms with Crippen LogP contribution in [-0.2, 0) is 6.42 Å². The van der Waals surface area contributed by atoms with Crippen molar-refractivity contribution in [3.05, 3.63) is 92.3 Å². The molecule has 2 aromatic carbocycles. The molecule has 3 heterocycles. The summed E-state index contributed by atoms with van der Waals surface area (Å²) in [5.41, 5.74) is 3.16. The molecule has 0 fully saturated rings. The molecule has 0 radical (unpaired) electrons. The van der Waals surface area contributed by atoms with E-state index in [0.29, 0.717) is 40.4 Å². The zero-order chi connectivity index (χ0) is 24.0. The summed E-state index contributed by atoms with van der Waals surface area (Å²) in [7, 11) is 0. The van der Waals surface area contributed by atoms with Crippen LogP contribution in [0.3, 0.4) is 0 Å². The standard InChI is InChI=1S/C26H23N3O4S/c1-5-10-32-17-9-7-8-16(13-17)22-21-23(30)18-11-14(3)15(4)12-19(18)33-24(21)25(31)29(22)26-28-27-20(6-2)34-26/h5,7-9,11-13,22H,1,6,10H2,2-4H3. The van der Waals surface area contributed by atoms with Gasteiger partial charge in [0.25, 0.3) is 5.91 Å². The third kappa shape index (κ3) is 3.51. The Hall–Kier alpha value is -3.78. The van der Waals surface area contributed by atoms with Gasteiger partial charge in [0.2, 0.25) is 10.9 Å². The zero-order valence-electron chi connectivity index (χ0n) is 19.1. The maximum Gasteiger partial charge on any atom is 0.297 e. The van der Waals surface area contributed by atoms with Crippen LogP contribution in [0.1, 0.15) is 50.8 Å². The Morgan fingerprint density at radius 1 is 1.18 bits per heavy atom. The molecule has 1 atom stereocenters. The Kier molecular flexibility index (Phi) is 5.53. The molecule has 0 N–H and O–H groups in total. The third-order valence-corrected chi connectivity index (χ3v) is 7.06. The number of anilines is 1. The number of amides is 1. The summed E-state index contributed by atoms with van der Waals surface area (Å²) in [6.45, 7) is 9.90. The molecule has 0 saturated carbocycles. The zero-order valence-corrected chi connectivity index (χ0v) is 19.9. The highest BCUT2D eigenvalue weighted by Crippen LogP contribution is 2.43. The predicted octanol–water partition coefficient (Wildman–Crippen LogP) is 5.14. The van der Waals surface area contributed by atoms with Crippen LogP contribution in [0, 0.1) is 13.8 Å². The number of carbonyl (C=O) groups excluding carboxylic acids is 1. The highest BCUT2D eigenvalue weighted by molar-refractivity contribution is 7.15. The van der Waals surface area contributed by atoms with Crippen LogP contribution in [0.4, 0.5) is 5.13 Å². The second-order valence-electron chi connectivity index (χ2n) is 8.19. The molecule has 8 heteroatoms. The van der Waals surface area contributed by atoms with Gasteiger partial charge in [0, 0.05) is 0 Å². The predicted molar refractivity (Wildman–Crippen MR) is 132 cm³/mol. The van der Waals surface area contributed by atoms with Gasteiger partial charge >= 0.3 is 0 Å². The third-order valence-electron chi connectivity index (χ3n) is 5.99. The van der Waals surface area contributed by atoms with E-state index in [1.54, 1.807) is 12.1 Å². The number of aryl methyl sites for hydroxylation is 3. The van der Waals surface area contributed by atoms with Gasteiger partial charge in [-0.1, -0.05) is 43.0 Å². The summed E-state index contributed by atoms with van der Waals surface area (Å²) in [6, 6.07) is 10.3. The van der Waals surface area contributed by atoms with Crippen LogP contribution in [0.15, 0.2) is 58.3 Å². The van der Waals surface area contributed by atoms with Crippen molar-refractivity contribution in [3.63, 3.8) is 0 Å². The van der Waals surface area contributed by atoms with E-state index in [4.69, 9.17) is 9.15 Å². The Balaban J connectivity index is 1.76. The Labute approximate surface area is 200 Å². The summed E-state index contributed by atoms with van der Waals surface area (Å²) >= 11 is 1.33. The molecule has 1 aliphatic heterocycles. The first-order chi connectivity index (χ1) is 16.4. The minimum absolute atomic E-state index is 0.0383. The van der Waals surface area contributed by atoms with Crippen molar-refractivity contribution in [1.82, 2.24) is 10.2 Å². The first-order valence-electron chi connectivity index (χ1n) is 11.0. The summed E-state index contributed by atoms with van der Waals surface area (Å²) in [5.74, 6) is 0.242. The Morgan fingerprint density at radius 3 is 2.71 bits per heavy atom. The van der Waals surface area contributed by atoms with Crippen molar-refractivity contribution in [1.29, 1.82) is 0 Å². The first-order valence-corrected chi connectivity index (χ1v) is 11.8. The minimum atomic E-state index is -0.713. The molecule has 2 aromatic heterocycles. The average molecular weight is 474 g/mol. The molecule has 5 rings (SSSR count). The van der Waals surface area contributed by atoms with Crippen LogP contribution in [0.5, 0.6) is 5.75 Å². The van der Waals surface area contributed by atoms with Crippen molar-refractivity contribution in [3.8, 4) is 5.75 Å². The smallest absolute Gasteiger partial charge is 0.297 e. The lowest BCUT2D eigenvalue weighted by atomic mass is 9.97. The molecule has 7 nitrogen and oxygen atoms in total. The number of ether oxygens (including phenoxy) is 1. The highest BCUT2D eigenvalue weighted by atomic mass is 32.1. The quantitative estimate of drug-likeness (QED) is 0.361. The van der Waals surface area contributed by atoms with E-state index in [1.807, 2.05) is 51.1 Å². The van der Waals surface area contributed by atoms with E-state index in [1.165, 1.54) is 16.2 Å². The van der Waals surface area contributed by atoms with Crippen LogP contribution >= 0.6 is 11.3 Å². The molecular formula is C26H23N3O4S. The molecule has 0 aliphatic carbocycles. The van der Waals surface area contributed by atoms with Gasteiger partial charge in [0.1, 0.15) is 22.9 Å². The number of fused-ring (bicyclic) bond motifs is 2. The van der Waals surface area contributed by atoms with Gasteiger partial charge in [-0.05, 0) is 61.2 Å². The van der Waals surface area contributed by atoms with Crippen LogP contribution in [0.2, 0.25) is 0 Å². The molecule has 1 aliphatic rings. The van der Waals surface area contributed by atoms with Gasteiger partial charge in [0.05, 0.1) is 17.0 Å². The lowest BCUT2D eigenvalue weighted by Gasteiger charge is -2.22. The lowest BCUT2D eigenvalue weighted by molar-refractivity contribution is 0.0970. The topological polar surface area (TPSA) is 85.5 Å². The van der Waals surface area contributed by atoms with Gasteiger partial charge in [-0.2, -0.15) is 0 Å². The second kappa shape index (κ2) is 8.53. The second-order valence-corrected chi connectivity index (χ2v) is 9.23. The fourth-order valence-corrected chi connectivity index (χ4v) is 4.96. The van der Waals surface area contributed by atoms with E-state index in [-0.39, 0.29) is 11.2 Å². The maximum absolute atomic E-state index is 13.8. The van der Waals surface area contributed by atoms with Gasteiger partial charge < -0.3 is 9.15 Å². The molecule has 0 spiro atoms. The van der Waals surface area contributed by atoms with Gasteiger partial charge in [-0.3, -0.25) is 14.5 Å². The molecule has 1 amide bonds. The van der Waals surface area contributed by atoms with Gasteiger partial charge in [0.15, 0.2) is 5.43 Å². The maximum atomic E-state index is 13.8. The monoisotopic (exact) mass is 473 g/mol. The van der Waals surface area contributed by atoms with Gasteiger partial charge in [-0.15, -0.1) is 10.2 Å². The SMILES string of the molecule is C=CCOc1cccc(C2c3c(oc4cc(C)c(C)cc4c3=O)C(=O)N2c2nnc(CC)s2)c1. The number of hydrogen-bond donors (Lipinski definition) is 0. The summed E-state index contributed by atoms with van der Waals surface area (Å²) in [4.78, 5) is 29.0. The first kappa shape index (κ1) is 22.0. The van der Waals surface area contributed by atoms with Crippen molar-refractivity contribution < 1.29 is 13.9 Å². The van der Waals surface area contributed by atoms with Crippen molar-refractivity contribution in [2.24, 2.45) is 0 Å². The van der Waals surface area contributed by atoms with E-state index in [2.05, 4.69) is 16.8 Å². The number of carbonyl (C=O) groups is 1. The summed E-state index contributed by atoms with van der Waals surface area (Å²) < 4.78 is 11.8. The number of rotatable bonds is 6. The lowest BCUT2D eigenvalue weighted by Crippen LogP contribution is -2.29. The molecule has 0 saturated heterocycles. The minimum Gasteiger partial charge on any atom is -0.490 e. The molecule has 0 bridgehead atoms. The number of hydrogen-bond acceptors (Lipinski definition) is 7. The number of benzene rings is 2. The highest BCUT2D eigenvalue weighted by Gasteiger charge is 2.45. The normalized spacial score (nSPS) is 15.1.